The molecule has 5 rings (SSSR count). The van der Waals surface area contributed by atoms with Crippen LogP contribution in [-0.2, 0) is 14.3 Å². The topological polar surface area (TPSA) is 104 Å². The van der Waals surface area contributed by atoms with Gasteiger partial charge in [-0.1, -0.05) is 19.3 Å². The van der Waals surface area contributed by atoms with Crippen LogP contribution in [0.15, 0.2) is 24.4 Å². The zero-order valence-electron chi connectivity index (χ0n) is 23.2. The molecule has 1 aliphatic carbocycles. The number of nitrogens with zero attached hydrogens (tertiary/aromatic N) is 2. The van der Waals surface area contributed by atoms with Crippen molar-refractivity contribution in [1.82, 2.24) is 20.1 Å². The third-order valence-corrected chi connectivity index (χ3v) is 8.45. The van der Waals surface area contributed by atoms with Crippen LogP contribution in [0.5, 0.6) is 0 Å². The molecule has 1 aromatic carbocycles. The molecule has 2 N–H and O–H groups in total. The molecule has 10 heteroatoms. The summed E-state index contributed by atoms with van der Waals surface area (Å²) in [6.07, 6.45) is 6.31. The fourth-order valence-electron chi connectivity index (χ4n) is 6.84. The molecule has 2 aromatic rings. The second-order valence-electron chi connectivity index (χ2n) is 12.1. The summed E-state index contributed by atoms with van der Waals surface area (Å²) in [5.41, 5.74) is 0.913. The van der Waals surface area contributed by atoms with Gasteiger partial charge in [-0.05, 0) is 69.7 Å². The molecule has 0 radical (unpaired) electrons. The van der Waals surface area contributed by atoms with E-state index in [9.17, 15) is 18.8 Å². The zero-order chi connectivity index (χ0) is 27.9. The van der Waals surface area contributed by atoms with Gasteiger partial charge in [0, 0.05) is 36.1 Å². The van der Waals surface area contributed by atoms with Crippen LogP contribution in [0.4, 0.5) is 14.0 Å². The lowest BCUT2D eigenvalue weighted by Crippen LogP contribution is -2.55. The quantitative estimate of drug-likeness (QED) is 0.571. The number of rotatable bonds is 4. The Bertz CT molecular complexity index is 1230. The molecule has 39 heavy (non-hydrogen) atoms. The van der Waals surface area contributed by atoms with Crippen LogP contribution < -0.4 is 5.32 Å². The molecule has 3 heterocycles. The number of hydrogen-bond acceptors (Lipinski definition) is 5. The second kappa shape index (κ2) is 10.7. The van der Waals surface area contributed by atoms with Gasteiger partial charge in [0.1, 0.15) is 17.5 Å². The van der Waals surface area contributed by atoms with Crippen molar-refractivity contribution >= 4 is 29.0 Å². The van der Waals surface area contributed by atoms with Gasteiger partial charge in [-0.15, -0.1) is 0 Å². The van der Waals surface area contributed by atoms with Crippen LogP contribution in [0.1, 0.15) is 70.8 Å². The van der Waals surface area contributed by atoms with Crippen molar-refractivity contribution in [2.45, 2.75) is 88.9 Å². The number of benzene rings is 1. The summed E-state index contributed by atoms with van der Waals surface area (Å²) in [6.45, 7) is 6.24. The predicted octanol–water partition coefficient (Wildman–Crippen LogP) is 4.92. The minimum atomic E-state index is -0.705. The number of methoxy groups -OCH3 is 1. The number of nitrogens with one attached hydrogen (secondary N) is 2. The van der Waals surface area contributed by atoms with Crippen molar-refractivity contribution in [3.63, 3.8) is 0 Å². The monoisotopic (exact) mass is 542 g/mol. The highest BCUT2D eigenvalue weighted by Gasteiger charge is 2.54. The molecule has 0 spiro atoms. The number of hydrogen-bond donors (Lipinski definition) is 2. The molecule has 1 saturated carbocycles. The molecule has 3 aliphatic rings. The van der Waals surface area contributed by atoms with E-state index in [-0.39, 0.29) is 35.6 Å². The van der Waals surface area contributed by atoms with E-state index in [2.05, 4.69) is 10.3 Å². The summed E-state index contributed by atoms with van der Waals surface area (Å²) >= 11 is 0. The molecule has 3 fully saturated rings. The van der Waals surface area contributed by atoms with Crippen molar-refractivity contribution in [2.75, 3.05) is 20.2 Å². The van der Waals surface area contributed by atoms with E-state index in [0.717, 1.165) is 43.1 Å². The van der Waals surface area contributed by atoms with E-state index in [4.69, 9.17) is 9.47 Å². The molecule has 2 aliphatic heterocycles. The predicted molar refractivity (Wildman–Crippen MR) is 144 cm³/mol. The Morgan fingerprint density at radius 2 is 1.85 bits per heavy atom. The van der Waals surface area contributed by atoms with E-state index >= 15 is 0 Å². The maximum absolute atomic E-state index is 14.3. The third kappa shape index (κ3) is 5.43. The van der Waals surface area contributed by atoms with Crippen molar-refractivity contribution in [3.8, 4) is 0 Å². The molecule has 9 nitrogen and oxygen atoms in total. The molecule has 212 valence electrons. The van der Waals surface area contributed by atoms with Gasteiger partial charge in [0.2, 0.25) is 5.91 Å². The number of ether oxygens (including phenoxy) is 2. The van der Waals surface area contributed by atoms with Gasteiger partial charge in [0.25, 0.3) is 0 Å². The first-order chi connectivity index (χ1) is 18.6. The summed E-state index contributed by atoms with van der Waals surface area (Å²) in [6, 6.07) is 3.39. The van der Waals surface area contributed by atoms with Gasteiger partial charge < -0.3 is 29.6 Å². The number of likely N-dealkylation sites (tertiary alicyclic amines) is 2. The van der Waals surface area contributed by atoms with Crippen LogP contribution >= 0.6 is 0 Å². The fraction of sp³-hybridized carbons (Fsp3) is 0.621. The van der Waals surface area contributed by atoms with Crippen LogP contribution in [-0.4, -0.2) is 76.8 Å². The van der Waals surface area contributed by atoms with Gasteiger partial charge in [-0.2, -0.15) is 0 Å². The first-order valence-electron chi connectivity index (χ1n) is 14.0. The van der Waals surface area contributed by atoms with Crippen molar-refractivity contribution in [1.29, 1.82) is 0 Å². The Morgan fingerprint density at radius 3 is 2.54 bits per heavy atom. The van der Waals surface area contributed by atoms with E-state index in [1.54, 1.807) is 31.7 Å². The van der Waals surface area contributed by atoms with Gasteiger partial charge in [-0.3, -0.25) is 4.79 Å². The number of H-pyrrole nitrogens is 1. The zero-order valence-corrected chi connectivity index (χ0v) is 23.2. The van der Waals surface area contributed by atoms with Gasteiger partial charge in [-0.25, -0.2) is 14.0 Å². The standard InChI is InChI=1S/C29H39FN4O5/c1-29(2,3)39-27(36)32-24(17-8-6-5-7-9-17)26(35)33-13-12-23-25(33)21(16-34(23)28(37)38-4)20-15-31-22-14-18(30)10-11-19(20)22/h10-11,14-15,17,21,23-25,31H,5-9,12-13,16H2,1-4H3,(H,32,36)/t21-,23-,24+,25-/m1/s1. The number of fused-ring (bicyclic) bond motifs is 2. The molecular formula is C29H39FN4O5. The van der Waals surface area contributed by atoms with Crippen molar-refractivity contribution < 1.29 is 28.2 Å². The average Bonchev–Trinajstić information content (AvgIpc) is 3.60. The summed E-state index contributed by atoms with van der Waals surface area (Å²) in [5.74, 6) is -0.654. The number of alkyl carbamates (subject to hydrolysis) is 1. The molecule has 3 amide bonds. The Labute approximate surface area is 228 Å². The largest absolute Gasteiger partial charge is 0.453 e. The lowest BCUT2D eigenvalue weighted by molar-refractivity contribution is -0.136. The van der Waals surface area contributed by atoms with Gasteiger partial charge >= 0.3 is 12.2 Å². The Kier molecular flexibility index (Phi) is 7.48. The molecule has 2 saturated heterocycles. The maximum atomic E-state index is 14.3. The third-order valence-electron chi connectivity index (χ3n) is 8.45. The van der Waals surface area contributed by atoms with Crippen LogP contribution in [0.3, 0.4) is 0 Å². The Hall–Kier alpha value is -3.30. The number of aromatic nitrogens is 1. The van der Waals surface area contributed by atoms with Crippen LogP contribution in [0.2, 0.25) is 0 Å². The minimum Gasteiger partial charge on any atom is -0.453 e. The summed E-state index contributed by atoms with van der Waals surface area (Å²) in [5, 5.41) is 3.79. The smallest absolute Gasteiger partial charge is 0.409 e. The first kappa shape index (κ1) is 27.3. The van der Waals surface area contributed by atoms with Gasteiger partial charge in [0.15, 0.2) is 0 Å². The molecule has 0 unspecified atom stereocenters. The van der Waals surface area contributed by atoms with Crippen LogP contribution in [0, 0.1) is 11.7 Å². The highest BCUT2D eigenvalue weighted by atomic mass is 19.1. The first-order valence-corrected chi connectivity index (χ1v) is 14.0. The SMILES string of the molecule is COC(=O)N1C[C@H](c2c[nH]c3cc(F)ccc23)[C@@H]2[C@H]1CCN2C(=O)[C@@H](NC(=O)OC(C)(C)C)C1CCCCC1. The van der Waals surface area contributed by atoms with Crippen molar-refractivity contribution in [2.24, 2.45) is 5.92 Å². The molecule has 0 bridgehead atoms. The number of amides is 3. The number of carbonyl (C=O) groups excluding carboxylic acids is 3. The highest BCUT2D eigenvalue weighted by Crippen LogP contribution is 2.44. The maximum Gasteiger partial charge on any atom is 0.409 e. The highest BCUT2D eigenvalue weighted by molar-refractivity contribution is 5.88. The van der Waals surface area contributed by atoms with Crippen LogP contribution in [0.25, 0.3) is 10.9 Å². The van der Waals surface area contributed by atoms with Gasteiger partial charge in [0.05, 0.1) is 19.2 Å². The minimum absolute atomic E-state index is 0.0189. The normalized spacial score (nSPS) is 24.5. The number of carbonyl (C=O) groups is 3. The summed E-state index contributed by atoms with van der Waals surface area (Å²) in [7, 11) is 1.36. The molecule has 1 aromatic heterocycles. The van der Waals surface area contributed by atoms with E-state index in [0.29, 0.717) is 25.0 Å². The average molecular weight is 543 g/mol. The lowest BCUT2D eigenvalue weighted by atomic mass is 9.83. The number of halogens is 1. The lowest BCUT2D eigenvalue weighted by Gasteiger charge is -2.36. The Balaban J connectivity index is 1.48. The molecular weight excluding hydrogens is 503 g/mol. The summed E-state index contributed by atoms with van der Waals surface area (Å²) < 4.78 is 24.5. The van der Waals surface area contributed by atoms with E-state index in [1.165, 1.54) is 19.2 Å². The Morgan fingerprint density at radius 1 is 1.10 bits per heavy atom. The summed E-state index contributed by atoms with van der Waals surface area (Å²) in [4.78, 5) is 46.7. The molecule has 4 atom stereocenters. The van der Waals surface area contributed by atoms with Crippen molar-refractivity contribution in [3.05, 3.63) is 35.8 Å². The number of aromatic amines is 1. The van der Waals surface area contributed by atoms with E-state index < -0.39 is 23.8 Å². The van der Waals surface area contributed by atoms with E-state index in [1.807, 2.05) is 11.1 Å². The fourth-order valence-corrected chi connectivity index (χ4v) is 6.84. The second-order valence-corrected chi connectivity index (χ2v) is 12.1.